The highest BCUT2D eigenvalue weighted by molar-refractivity contribution is 7.89. The van der Waals surface area contributed by atoms with Crippen molar-refractivity contribution in [3.63, 3.8) is 0 Å². The third-order valence-corrected chi connectivity index (χ3v) is 5.00. The van der Waals surface area contributed by atoms with Crippen LogP contribution in [0.1, 0.15) is 11.1 Å². The van der Waals surface area contributed by atoms with Crippen LogP contribution in [0.3, 0.4) is 0 Å². The van der Waals surface area contributed by atoms with Crippen molar-refractivity contribution in [1.29, 1.82) is 0 Å². The molecule has 0 aliphatic rings. The van der Waals surface area contributed by atoms with E-state index in [1.54, 1.807) is 42.5 Å². The molecule has 0 aliphatic heterocycles. The van der Waals surface area contributed by atoms with Crippen LogP contribution in [0.25, 0.3) is 6.08 Å². The summed E-state index contributed by atoms with van der Waals surface area (Å²) in [6.07, 6.45) is 2.54. The lowest BCUT2D eigenvalue weighted by atomic mass is 10.2. The molecule has 0 bridgehead atoms. The molecule has 2 rings (SSSR count). The maximum Gasteiger partial charge on any atom is 0.266 e. The highest BCUT2D eigenvalue weighted by atomic mass is 32.2. The molecule has 2 aromatic rings. The van der Waals surface area contributed by atoms with Gasteiger partial charge in [0.05, 0.1) is 11.4 Å². The molecule has 0 saturated carbocycles. The Labute approximate surface area is 136 Å². The molecule has 0 N–H and O–H groups in total. The van der Waals surface area contributed by atoms with E-state index in [2.05, 4.69) is 6.58 Å². The van der Waals surface area contributed by atoms with Crippen molar-refractivity contribution in [3.8, 4) is 0 Å². The van der Waals surface area contributed by atoms with E-state index in [0.29, 0.717) is 9.87 Å². The summed E-state index contributed by atoms with van der Waals surface area (Å²) in [7, 11) is -3.98. The molecule has 3 nitrogen and oxygen atoms in total. The van der Waals surface area contributed by atoms with Gasteiger partial charge in [0, 0.05) is 0 Å². The van der Waals surface area contributed by atoms with Crippen molar-refractivity contribution < 1.29 is 12.8 Å². The van der Waals surface area contributed by atoms with Crippen LogP contribution in [-0.2, 0) is 10.0 Å². The van der Waals surface area contributed by atoms with Gasteiger partial charge in [0.1, 0.15) is 0 Å². The number of sulfonamides is 1. The predicted octanol–water partition coefficient (Wildman–Crippen LogP) is 4.14. The normalized spacial score (nSPS) is 12.0. The number of aryl methyl sites for hydroxylation is 1. The van der Waals surface area contributed by atoms with Crippen LogP contribution >= 0.6 is 0 Å². The SMILES string of the molecule is C=CCN(/C(F)=C\c1ccccc1)S(=O)(=O)c1ccc(C)cc1. The molecule has 0 aliphatic carbocycles. The summed E-state index contributed by atoms with van der Waals surface area (Å²) < 4.78 is 40.6. The average Bonchev–Trinajstić information content (AvgIpc) is 2.53. The molecular weight excluding hydrogens is 313 g/mol. The van der Waals surface area contributed by atoms with Gasteiger partial charge in [-0.2, -0.15) is 4.39 Å². The monoisotopic (exact) mass is 331 g/mol. The Morgan fingerprint density at radius 1 is 1.13 bits per heavy atom. The lowest BCUT2D eigenvalue weighted by molar-refractivity contribution is 0.412. The third-order valence-electron chi connectivity index (χ3n) is 3.23. The minimum absolute atomic E-state index is 0.0431. The Kier molecular flexibility index (Phi) is 5.34. The molecule has 23 heavy (non-hydrogen) atoms. The maximum atomic E-state index is 14.6. The zero-order valence-corrected chi connectivity index (χ0v) is 13.6. The number of hydrogen-bond donors (Lipinski definition) is 0. The molecular formula is C18H18FNO2S. The summed E-state index contributed by atoms with van der Waals surface area (Å²) in [6.45, 7) is 5.22. The molecule has 0 heterocycles. The van der Waals surface area contributed by atoms with Gasteiger partial charge in [-0.05, 0) is 30.7 Å². The van der Waals surface area contributed by atoms with Gasteiger partial charge in [-0.3, -0.25) is 0 Å². The zero-order valence-electron chi connectivity index (χ0n) is 12.8. The van der Waals surface area contributed by atoms with Crippen LogP contribution in [0.15, 0.2) is 78.1 Å². The first-order valence-electron chi connectivity index (χ1n) is 7.07. The van der Waals surface area contributed by atoms with Crippen LogP contribution in [0.5, 0.6) is 0 Å². The molecule has 5 heteroatoms. The molecule has 0 saturated heterocycles. The molecule has 0 atom stereocenters. The Morgan fingerprint density at radius 3 is 2.30 bits per heavy atom. The first-order valence-corrected chi connectivity index (χ1v) is 8.51. The number of halogens is 1. The van der Waals surface area contributed by atoms with Gasteiger partial charge in [-0.25, -0.2) is 12.7 Å². The molecule has 0 amide bonds. The van der Waals surface area contributed by atoms with Gasteiger partial charge >= 0.3 is 0 Å². The van der Waals surface area contributed by atoms with Crippen LogP contribution in [-0.4, -0.2) is 19.3 Å². The van der Waals surface area contributed by atoms with E-state index in [0.717, 1.165) is 5.56 Å². The van der Waals surface area contributed by atoms with E-state index < -0.39 is 16.0 Å². The largest absolute Gasteiger partial charge is 0.266 e. The van der Waals surface area contributed by atoms with Gasteiger partial charge in [-0.1, -0.05) is 54.1 Å². The lowest BCUT2D eigenvalue weighted by Gasteiger charge is -2.21. The zero-order chi connectivity index (χ0) is 16.9. The van der Waals surface area contributed by atoms with Crippen molar-refractivity contribution in [3.05, 3.63) is 84.3 Å². The predicted molar refractivity (Wildman–Crippen MR) is 90.8 cm³/mol. The summed E-state index contributed by atoms with van der Waals surface area (Å²) in [6, 6.07) is 15.0. The first-order chi connectivity index (χ1) is 10.9. The number of nitrogens with zero attached hydrogens (tertiary/aromatic N) is 1. The van der Waals surface area contributed by atoms with Gasteiger partial charge < -0.3 is 0 Å². The number of hydrogen-bond acceptors (Lipinski definition) is 2. The fraction of sp³-hybridized carbons (Fsp3) is 0.111. The first kappa shape index (κ1) is 17.0. The fourth-order valence-electron chi connectivity index (χ4n) is 2.01. The van der Waals surface area contributed by atoms with Crippen molar-refractivity contribution in [1.82, 2.24) is 4.31 Å². The van der Waals surface area contributed by atoms with Crippen molar-refractivity contribution >= 4 is 16.1 Å². The second-order valence-corrected chi connectivity index (χ2v) is 6.88. The average molecular weight is 331 g/mol. The highest BCUT2D eigenvalue weighted by Gasteiger charge is 2.25. The van der Waals surface area contributed by atoms with Crippen LogP contribution in [0, 0.1) is 6.92 Å². The Balaban J connectivity index is 2.42. The summed E-state index contributed by atoms with van der Waals surface area (Å²) in [4.78, 5) is 0.0431. The fourth-order valence-corrected chi connectivity index (χ4v) is 3.33. The smallest absolute Gasteiger partial charge is 0.238 e. The van der Waals surface area contributed by atoms with E-state index in [1.165, 1.54) is 24.3 Å². The molecule has 2 aromatic carbocycles. The second-order valence-electron chi connectivity index (χ2n) is 5.02. The summed E-state index contributed by atoms with van der Waals surface area (Å²) in [5.41, 5.74) is 1.51. The van der Waals surface area contributed by atoms with Gasteiger partial charge in [-0.15, -0.1) is 6.58 Å². The summed E-state index contributed by atoms with van der Waals surface area (Å²) >= 11 is 0. The third kappa shape index (κ3) is 4.07. The molecule has 0 spiro atoms. The summed E-state index contributed by atoms with van der Waals surface area (Å²) in [5, 5.41) is 0. The minimum atomic E-state index is -3.98. The Hall–Kier alpha value is -2.40. The second kappa shape index (κ2) is 7.24. The van der Waals surface area contributed by atoms with Crippen LogP contribution in [0.4, 0.5) is 4.39 Å². The quantitative estimate of drug-likeness (QED) is 0.589. The van der Waals surface area contributed by atoms with Crippen molar-refractivity contribution in [2.24, 2.45) is 0 Å². The van der Waals surface area contributed by atoms with E-state index in [9.17, 15) is 12.8 Å². The van der Waals surface area contributed by atoms with E-state index in [1.807, 2.05) is 6.92 Å². The topological polar surface area (TPSA) is 37.4 Å². The van der Waals surface area contributed by atoms with Gasteiger partial charge in [0.25, 0.3) is 10.0 Å². The van der Waals surface area contributed by atoms with E-state index in [4.69, 9.17) is 0 Å². The van der Waals surface area contributed by atoms with Crippen LogP contribution < -0.4 is 0 Å². The van der Waals surface area contributed by atoms with Gasteiger partial charge in [0.2, 0.25) is 5.95 Å². The highest BCUT2D eigenvalue weighted by Crippen LogP contribution is 2.23. The number of benzene rings is 2. The van der Waals surface area contributed by atoms with Gasteiger partial charge in [0.15, 0.2) is 0 Å². The molecule has 0 fully saturated rings. The molecule has 120 valence electrons. The van der Waals surface area contributed by atoms with Crippen molar-refractivity contribution in [2.45, 2.75) is 11.8 Å². The minimum Gasteiger partial charge on any atom is -0.238 e. The van der Waals surface area contributed by atoms with E-state index >= 15 is 0 Å². The number of rotatable bonds is 6. The lowest BCUT2D eigenvalue weighted by Crippen LogP contribution is -2.29. The van der Waals surface area contributed by atoms with E-state index in [-0.39, 0.29) is 11.4 Å². The Bertz CT molecular complexity index is 797. The maximum absolute atomic E-state index is 14.6. The molecule has 0 radical (unpaired) electrons. The molecule has 0 unspecified atom stereocenters. The Morgan fingerprint density at radius 2 is 1.74 bits per heavy atom. The summed E-state index contributed by atoms with van der Waals surface area (Å²) in [5.74, 6) is -0.850. The standard InChI is InChI=1S/C18H18FNO2S/c1-3-13-20(18(19)14-16-7-5-4-6-8-16)23(21,22)17-11-9-15(2)10-12-17/h3-12,14H,1,13H2,2H3/b18-14-. The van der Waals surface area contributed by atoms with Crippen LogP contribution in [0.2, 0.25) is 0 Å². The molecule has 0 aromatic heterocycles. The van der Waals surface area contributed by atoms with Crippen molar-refractivity contribution in [2.75, 3.05) is 6.54 Å².